The number of fused-ring (bicyclic) bond motifs is 1. The largest absolute Gasteiger partial charge is 0.493 e. The van der Waals surface area contributed by atoms with Crippen molar-refractivity contribution in [3.05, 3.63) is 35.2 Å². The Morgan fingerprint density at radius 1 is 1.10 bits per heavy atom. The molecule has 2 aliphatic rings. The summed E-state index contributed by atoms with van der Waals surface area (Å²) < 4.78 is 12.8. The number of carbonyl (C=O) groups excluding carboxylic acids is 2. The van der Waals surface area contributed by atoms with Gasteiger partial charge in [-0.05, 0) is 57.2 Å². The van der Waals surface area contributed by atoms with E-state index in [1.54, 1.807) is 12.1 Å². The third-order valence-corrected chi connectivity index (χ3v) is 5.94. The average Bonchev–Trinajstić information content (AvgIpc) is 3.35. The number of benzene rings is 1. The molecule has 0 aliphatic carbocycles. The number of amides is 2. The minimum Gasteiger partial charge on any atom is -0.493 e. The molecule has 0 bridgehead atoms. The third-order valence-electron chi connectivity index (χ3n) is 5.94. The number of piperidine rings is 1. The van der Waals surface area contributed by atoms with Gasteiger partial charge in [0.25, 0.3) is 11.8 Å². The molecule has 2 aromatic rings. The molecule has 0 saturated carbocycles. The van der Waals surface area contributed by atoms with Crippen LogP contribution in [0, 0.1) is 0 Å². The second-order valence-corrected chi connectivity index (χ2v) is 7.90. The van der Waals surface area contributed by atoms with Crippen LogP contribution in [-0.4, -0.2) is 53.3 Å². The predicted molar refractivity (Wildman–Crippen MR) is 112 cm³/mol. The van der Waals surface area contributed by atoms with Crippen molar-refractivity contribution in [2.45, 2.75) is 51.6 Å². The van der Waals surface area contributed by atoms with Crippen LogP contribution in [0.3, 0.4) is 0 Å². The average molecular weight is 412 g/mol. The van der Waals surface area contributed by atoms with E-state index >= 15 is 0 Å². The van der Waals surface area contributed by atoms with Crippen LogP contribution < -0.4 is 14.8 Å². The van der Waals surface area contributed by atoms with Crippen LogP contribution in [0.15, 0.2) is 18.2 Å². The zero-order chi connectivity index (χ0) is 21.3. The number of methoxy groups -OCH3 is 2. The second kappa shape index (κ2) is 8.38. The van der Waals surface area contributed by atoms with Gasteiger partial charge in [0, 0.05) is 30.4 Å². The maximum absolute atomic E-state index is 13.2. The lowest BCUT2D eigenvalue weighted by Gasteiger charge is -2.33. The van der Waals surface area contributed by atoms with Crippen molar-refractivity contribution in [1.82, 2.24) is 14.7 Å². The van der Waals surface area contributed by atoms with Crippen molar-refractivity contribution in [2.24, 2.45) is 0 Å². The molecule has 2 aliphatic heterocycles. The highest BCUT2D eigenvalue weighted by molar-refractivity contribution is 6.05. The number of hydrogen-bond acceptors (Lipinski definition) is 5. The van der Waals surface area contributed by atoms with Crippen molar-refractivity contribution >= 4 is 17.5 Å². The topological polar surface area (TPSA) is 85.7 Å². The van der Waals surface area contributed by atoms with Crippen molar-refractivity contribution in [3.63, 3.8) is 0 Å². The number of hydrogen-bond donors (Lipinski definition) is 1. The van der Waals surface area contributed by atoms with Crippen LogP contribution in [0.2, 0.25) is 0 Å². The van der Waals surface area contributed by atoms with E-state index in [2.05, 4.69) is 17.3 Å². The molecule has 1 saturated heterocycles. The molecule has 1 unspecified atom stereocenters. The van der Waals surface area contributed by atoms with Crippen molar-refractivity contribution in [3.8, 4) is 11.5 Å². The molecule has 3 heterocycles. The number of likely N-dealkylation sites (tertiary alicyclic amines) is 1. The molecule has 30 heavy (non-hydrogen) atoms. The Bertz CT molecular complexity index is 947. The van der Waals surface area contributed by atoms with Gasteiger partial charge in [0.15, 0.2) is 17.2 Å². The molecule has 8 nitrogen and oxygen atoms in total. The summed E-state index contributed by atoms with van der Waals surface area (Å²) in [4.78, 5) is 27.9. The first-order valence-corrected chi connectivity index (χ1v) is 10.5. The molecule has 8 heteroatoms. The van der Waals surface area contributed by atoms with Gasteiger partial charge in [0.2, 0.25) is 0 Å². The first-order valence-electron chi connectivity index (χ1n) is 10.5. The Morgan fingerprint density at radius 2 is 1.93 bits per heavy atom. The number of aryl methyl sites for hydroxylation is 2. The van der Waals surface area contributed by atoms with Gasteiger partial charge in [-0.1, -0.05) is 0 Å². The normalized spacial score (nSPS) is 18.1. The van der Waals surface area contributed by atoms with E-state index in [1.807, 2.05) is 15.6 Å². The standard InChI is InChI=1S/C22H28N4O4/c1-14-7-4-5-9-25(14)22(28)15-11-17(20(30-3)19(12-15)29-2)23-21(27)18-13-16-8-6-10-26(16)24-18/h11-14H,4-10H2,1-3H3,(H,23,27). The Kier molecular flexibility index (Phi) is 5.65. The smallest absolute Gasteiger partial charge is 0.276 e. The highest BCUT2D eigenvalue weighted by atomic mass is 16.5. The summed E-state index contributed by atoms with van der Waals surface area (Å²) in [5.41, 5.74) is 2.27. The van der Waals surface area contributed by atoms with E-state index in [0.717, 1.165) is 50.9 Å². The van der Waals surface area contributed by atoms with E-state index in [9.17, 15) is 9.59 Å². The molecule has 1 atom stereocenters. The summed E-state index contributed by atoms with van der Waals surface area (Å²) in [5.74, 6) is 0.365. The van der Waals surface area contributed by atoms with Gasteiger partial charge in [0.05, 0.1) is 19.9 Å². The number of nitrogens with zero attached hydrogens (tertiary/aromatic N) is 3. The van der Waals surface area contributed by atoms with Gasteiger partial charge in [0.1, 0.15) is 0 Å². The molecule has 0 spiro atoms. The summed E-state index contributed by atoms with van der Waals surface area (Å²) in [6.45, 7) is 3.63. The Balaban J connectivity index is 1.64. The number of anilines is 1. The first kappa shape index (κ1) is 20.3. The number of carbonyl (C=O) groups is 2. The molecular weight excluding hydrogens is 384 g/mol. The number of nitrogens with one attached hydrogen (secondary N) is 1. The van der Waals surface area contributed by atoms with E-state index in [0.29, 0.717) is 28.4 Å². The highest BCUT2D eigenvalue weighted by Crippen LogP contribution is 2.37. The molecule has 4 rings (SSSR count). The Morgan fingerprint density at radius 3 is 2.63 bits per heavy atom. The van der Waals surface area contributed by atoms with Crippen LogP contribution in [0.4, 0.5) is 5.69 Å². The first-order chi connectivity index (χ1) is 14.5. The third kappa shape index (κ3) is 3.74. The molecule has 1 fully saturated rings. The van der Waals surface area contributed by atoms with Crippen LogP contribution in [0.25, 0.3) is 0 Å². The molecule has 0 radical (unpaired) electrons. The number of ether oxygens (including phenoxy) is 2. The van der Waals surface area contributed by atoms with Crippen LogP contribution >= 0.6 is 0 Å². The van der Waals surface area contributed by atoms with Crippen LogP contribution in [0.5, 0.6) is 11.5 Å². The highest BCUT2D eigenvalue weighted by Gasteiger charge is 2.27. The molecule has 1 N–H and O–H groups in total. The number of rotatable bonds is 5. The monoisotopic (exact) mass is 412 g/mol. The summed E-state index contributed by atoms with van der Waals surface area (Å²) in [6, 6.07) is 5.33. The lowest BCUT2D eigenvalue weighted by molar-refractivity contribution is 0.0635. The van der Waals surface area contributed by atoms with E-state index in [1.165, 1.54) is 14.2 Å². The fraction of sp³-hybridized carbons (Fsp3) is 0.500. The minimum atomic E-state index is -0.340. The quantitative estimate of drug-likeness (QED) is 0.816. The predicted octanol–water partition coefficient (Wildman–Crippen LogP) is 3.11. The fourth-order valence-corrected chi connectivity index (χ4v) is 4.30. The Hall–Kier alpha value is -3.03. The summed E-state index contributed by atoms with van der Waals surface area (Å²) in [6.07, 6.45) is 5.10. The van der Waals surface area contributed by atoms with E-state index < -0.39 is 0 Å². The zero-order valence-electron chi connectivity index (χ0n) is 17.7. The lowest BCUT2D eigenvalue weighted by Crippen LogP contribution is -2.42. The van der Waals surface area contributed by atoms with Gasteiger partial charge < -0.3 is 19.7 Å². The van der Waals surface area contributed by atoms with E-state index in [4.69, 9.17) is 9.47 Å². The molecule has 160 valence electrons. The maximum atomic E-state index is 13.2. The van der Waals surface area contributed by atoms with Crippen LogP contribution in [-0.2, 0) is 13.0 Å². The van der Waals surface area contributed by atoms with Gasteiger partial charge >= 0.3 is 0 Å². The minimum absolute atomic E-state index is 0.0698. The maximum Gasteiger partial charge on any atom is 0.276 e. The summed E-state index contributed by atoms with van der Waals surface area (Å²) >= 11 is 0. The van der Waals surface area contributed by atoms with Crippen LogP contribution in [0.1, 0.15) is 59.1 Å². The lowest BCUT2D eigenvalue weighted by atomic mass is 10.0. The van der Waals surface area contributed by atoms with Gasteiger partial charge in [-0.25, -0.2) is 0 Å². The van der Waals surface area contributed by atoms with Gasteiger partial charge in [-0.2, -0.15) is 5.10 Å². The molecular formula is C22H28N4O4. The Labute approximate surface area is 176 Å². The van der Waals surface area contributed by atoms with Crippen molar-refractivity contribution in [1.29, 1.82) is 0 Å². The van der Waals surface area contributed by atoms with Crippen molar-refractivity contribution < 1.29 is 19.1 Å². The fourth-order valence-electron chi connectivity index (χ4n) is 4.30. The summed E-state index contributed by atoms with van der Waals surface area (Å²) in [7, 11) is 3.02. The molecule has 1 aromatic heterocycles. The second-order valence-electron chi connectivity index (χ2n) is 7.90. The zero-order valence-corrected chi connectivity index (χ0v) is 17.7. The van der Waals surface area contributed by atoms with Gasteiger partial charge in [-0.15, -0.1) is 0 Å². The van der Waals surface area contributed by atoms with Crippen molar-refractivity contribution in [2.75, 3.05) is 26.1 Å². The SMILES string of the molecule is COc1cc(C(=O)N2CCCCC2C)cc(NC(=O)c2cc3n(n2)CCC3)c1OC. The summed E-state index contributed by atoms with van der Waals surface area (Å²) in [5, 5.41) is 7.24. The van der Waals surface area contributed by atoms with Gasteiger partial charge in [-0.3, -0.25) is 14.3 Å². The molecule has 2 amide bonds. The number of aromatic nitrogens is 2. The van der Waals surface area contributed by atoms with E-state index in [-0.39, 0.29) is 17.9 Å². The molecule has 1 aromatic carbocycles.